The van der Waals surface area contributed by atoms with Gasteiger partial charge < -0.3 is 9.69 Å². The fraction of sp³-hybridized carbons (Fsp3) is 0.846. The molecule has 0 radical (unpaired) electrons. The van der Waals surface area contributed by atoms with Gasteiger partial charge in [0.1, 0.15) is 6.29 Å². The molecule has 0 aliphatic carbocycles. The molecular weight excluding hydrogens is 202 g/mol. The Labute approximate surface area is 98.2 Å². The van der Waals surface area contributed by atoms with Crippen molar-refractivity contribution in [1.82, 2.24) is 4.90 Å². The van der Waals surface area contributed by atoms with Crippen molar-refractivity contribution < 1.29 is 9.59 Å². The molecule has 1 fully saturated rings. The van der Waals surface area contributed by atoms with E-state index >= 15 is 0 Å². The lowest BCUT2D eigenvalue weighted by Gasteiger charge is -2.24. The van der Waals surface area contributed by atoms with Gasteiger partial charge in [0, 0.05) is 25.9 Å². The van der Waals surface area contributed by atoms with Crippen molar-refractivity contribution >= 4 is 12.2 Å². The number of carbonyl (C=O) groups is 2. The maximum absolute atomic E-state index is 11.9. The fourth-order valence-electron chi connectivity index (χ4n) is 2.16. The Bertz CT molecular complexity index is 208. The number of hydrogen-bond acceptors (Lipinski definition) is 2. The van der Waals surface area contributed by atoms with Gasteiger partial charge in [-0.15, -0.1) is 0 Å². The first-order chi connectivity index (χ1) is 7.84. The van der Waals surface area contributed by atoms with Gasteiger partial charge in [0.15, 0.2) is 0 Å². The molecule has 1 amide bonds. The number of hydrogen-bond donors (Lipinski definition) is 0. The lowest BCUT2D eigenvalue weighted by molar-refractivity contribution is -0.131. The third-order valence-corrected chi connectivity index (χ3v) is 3.17. The first kappa shape index (κ1) is 13.2. The Balaban J connectivity index is 2.19. The van der Waals surface area contributed by atoms with Crippen LogP contribution >= 0.6 is 0 Å². The second-order valence-corrected chi connectivity index (χ2v) is 4.56. The lowest BCUT2D eigenvalue weighted by Crippen LogP contribution is -2.33. The minimum atomic E-state index is 0.285. The minimum Gasteiger partial charge on any atom is -0.343 e. The van der Waals surface area contributed by atoms with E-state index in [0.29, 0.717) is 12.8 Å². The van der Waals surface area contributed by atoms with Crippen LogP contribution in [0.2, 0.25) is 0 Å². The monoisotopic (exact) mass is 225 g/mol. The first-order valence-corrected chi connectivity index (χ1v) is 6.56. The summed E-state index contributed by atoms with van der Waals surface area (Å²) in [6, 6.07) is 0. The van der Waals surface area contributed by atoms with E-state index < -0.39 is 0 Å². The zero-order valence-electron chi connectivity index (χ0n) is 10.1. The largest absolute Gasteiger partial charge is 0.343 e. The third kappa shape index (κ3) is 5.29. The quantitative estimate of drug-likeness (QED) is 0.532. The summed E-state index contributed by atoms with van der Waals surface area (Å²) < 4.78 is 0. The summed E-state index contributed by atoms with van der Waals surface area (Å²) in [5.74, 6) is 0.285. The van der Waals surface area contributed by atoms with Crippen LogP contribution in [0.5, 0.6) is 0 Å². The summed E-state index contributed by atoms with van der Waals surface area (Å²) in [5, 5.41) is 0. The van der Waals surface area contributed by atoms with Crippen LogP contribution in [0.15, 0.2) is 0 Å². The molecular formula is C13H23NO2. The van der Waals surface area contributed by atoms with E-state index in [0.717, 1.165) is 45.1 Å². The van der Waals surface area contributed by atoms with Gasteiger partial charge in [-0.2, -0.15) is 0 Å². The predicted octanol–water partition coefficient (Wildman–Crippen LogP) is 2.54. The van der Waals surface area contributed by atoms with E-state index in [1.54, 1.807) is 0 Å². The number of unbranched alkanes of at least 4 members (excludes halogenated alkanes) is 2. The first-order valence-electron chi connectivity index (χ1n) is 6.56. The van der Waals surface area contributed by atoms with Crippen molar-refractivity contribution in [3.8, 4) is 0 Å². The number of amides is 1. The van der Waals surface area contributed by atoms with Gasteiger partial charge in [-0.05, 0) is 25.7 Å². The topological polar surface area (TPSA) is 37.4 Å². The number of nitrogens with zero attached hydrogens (tertiary/aromatic N) is 1. The summed E-state index contributed by atoms with van der Waals surface area (Å²) in [7, 11) is 0. The van der Waals surface area contributed by atoms with E-state index in [-0.39, 0.29) is 5.91 Å². The summed E-state index contributed by atoms with van der Waals surface area (Å²) >= 11 is 0. The van der Waals surface area contributed by atoms with Gasteiger partial charge in [-0.3, -0.25) is 4.79 Å². The van der Waals surface area contributed by atoms with E-state index in [1.807, 2.05) is 4.90 Å². The van der Waals surface area contributed by atoms with Crippen molar-refractivity contribution in [2.24, 2.45) is 0 Å². The molecule has 1 aliphatic heterocycles. The molecule has 1 rings (SSSR count). The maximum Gasteiger partial charge on any atom is 0.222 e. The smallest absolute Gasteiger partial charge is 0.222 e. The summed E-state index contributed by atoms with van der Waals surface area (Å²) in [6.07, 6.45) is 9.99. The SMILES string of the molecule is O=CCCCCC(=O)N1CCCCCCC1. The van der Waals surface area contributed by atoms with Crippen LogP contribution in [-0.4, -0.2) is 30.2 Å². The van der Waals surface area contributed by atoms with E-state index in [9.17, 15) is 9.59 Å². The van der Waals surface area contributed by atoms with Gasteiger partial charge in [0.25, 0.3) is 0 Å². The minimum absolute atomic E-state index is 0.285. The van der Waals surface area contributed by atoms with Crippen molar-refractivity contribution in [1.29, 1.82) is 0 Å². The highest BCUT2D eigenvalue weighted by molar-refractivity contribution is 5.76. The Hall–Kier alpha value is -0.860. The van der Waals surface area contributed by atoms with Gasteiger partial charge in [-0.25, -0.2) is 0 Å². The number of carbonyl (C=O) groups excluding carboxylic acids is 2. The van der Waals surface area contributed by atoms with Gasteiger partial charge in [-0.1, -0.05) is 19.3 Å². The lowest BCUT2D eigenvalue weighted by atomic mass is 10.1. The molecule has 3 heteroatoms. The average molecular weight is 225 g/mol. The number of aldehydes is 1. The summed E-state index contributed by atoms with van der Waals surface area (Å²) in [6.45, 7) is 1.87. The van der Waals surface area contributed by atoms with Crippen LogP contribution in [0.1, 0.15) is 57.8 Å². The Morgan fingerprint density at radius 2 is 1.62 bits per heavy atom. The Kier molecular flexibility index (Phi) is 6.86. The summed E-state index contributed by atoms with van der Waals surface area (Å²) in [5.41, 5.74) is 0. The second-order valence-electron chi connectivity index (χ2n) is 4.56. The molecule has 1 heterocycles. The molecule has 0 aromatic rings. The number of rotatable bonds is 5. The van der Waals surface area contributed by atoms with Crippen LogP contribution in [-0.2, 0) is 9.59 Å². The summed E-state index contributed by atoms with van der Waals surface area (Å²) in [4.78, 5) is 24.0. The van der Waals surface area contributed by atoms with Gasteiger partial charge in [0.2, 0.25) is 5.91 Å². The Morgan fingerprint density at radius 1 is 1.00 bits per heavy atom. The highest BCUT2D eigenvalue weighted by Gasteiger charge is 2.13. The molecule has 1 aliphatic rings. The van der Waals surface area contributed by atoms with E-state index in [4.69, 9.17) is 0 Å². The standard InChI is InChI=1S/C13H23NO2/c15-12-8-4-5-9-13(16)14-10-6-2-1-3-7-11-14/h12H,1-11H2. The van der Waals surface area contributed by atoms with E-state index in [1.165, 1.54) is 19.3 Å². The van der Waals surface area contributed by atoms with Crippen LogP contribution in [0.3, 0.4) is 0 Å². The predicted molar refractivity (Wildman–Crippen MR) is 64.2 cm³/mol. The van der Waals surface area contributed by atoms with E-state index in [2.05, 4.69) is 0 Å². The van der Waals surface area contributed by atoms with Crippen molar-refractivity contribution in [2.75, 3.05) is 13.1 Å². The molecule has 0 spiro atoms. The molecule has 0 saturated carbocycles. The molecule has 92 valence electrons. The van der Waals surface area contributed by atoms with Crippen LogP contribution in [0.25, 0.3) is 0 Å². The maximum atomic E-state index is 11.9. The molecule has 16 heavy (non-hydrogen) atoms. The molecule has 1 saturated heterocycles. The van der Waals surface area contributed by atoms with Crippen molar-refractivity contribution in [3.63, 3.8) is 0 Å². The third-order valence-electron chi connectivity index (χ3n) is 3.17. The molecule has 0 bridgehead atoms. The average Bonchev–Trinajstić information content (AvgIpc) is 2.23. The van der Waals surface area contributed by atoms with Crippen molar-refractivity contribution in [3.05, 3.63) is 0 Å². The van der Waals surface area contributed by atoms with Crippen molar-refractivity contribution in [2.45, 2.75) is 57.8 Å². The highest BCUT2D eigenvalue weighted by atomic mass is 16.2. The van der Waals surface area contributed by atoms with Gasteiger partial charge in [0.05, 0.1) is 0 Å². The Morgan fingerprint density at radius 3 is 2.25 bits per heavy atom. The zero-order valence-corrected chi connectivity index (χ0v) is 10.1. The molecule has 0 aromatic carbocycles. The van der Waals surface area contributed by atoms with Crippen LogP contribution in [0.4, 0.5) is 0 Å². The number of likely N-dealkylation sites (tertiary alicyclic amines) is 1. The molecule has 3 nitrogen and oxygen atoms in total. The molecule has 0 unspecified atom stereocenters. The highest BCUT2D eigenvalue weighted by Crippen LogP contribution is 2.12. The molecule has 0 aromatic heterocycles. The molecule has 0 atom stereocenters. The fourth-order valence-corrected chi connectivity index (χ4v) is 2.16. The molecule has 0 N–H and O–H groups in total. The van der Waals surface area contributed by atoms with Gasteiger partial charge >= 0.3 is 0 Å². The normalized spacial score (nSPS) is 17.6. The van der Waals surface area contributed by atoms with Crippen LogP contribution < -0.4 is 0 Å². The zero-order chi connectivity index (χ0) is 11.6. The van der Waals surface area contributed by atoms with Crippen LogP contribution in [0, 0.1) is 0 Å². The second kappa shape index (κ2) is 8.31.